The third-order valence-corrected chi connectivity index (χ3v) is 5.93. The van der Waals surface area contributed by atoms with Crippen LogP contribution in [0.2, 0.25) is 0 Å². The molecule has 10 heteroatoms. The van der Waals surface area contributed by atoms with E-state index in [1.54, 1.807) is 46.3 Å². The molecule has 0 fully saturated rings. The number of fused-ring (bicyclic) bond motifs is 2. The first kappa shape index (κ1) is 21.2. The number of benzene rings is 1. The van der Waals surface area contributed by atoms with Crippen molar-refractivity contribution in [2.24, 2.45) is 0 Å². The molecule has 1 aromatic carbocycles. The number of halogens is 2. The highest BCUT2D eigenvalue weighted by Crippen LogP contribution is 2.42. The van der Waals surface area contributed by atoms with Gasteiger partial charge in [0.25, 0.3) is 11.5 Å². The Bertz CT molecular complexity index is 1300. The third-order valence-electron chi connectivity index (χ3n) is 5.93. The molecular formula is C23H22F2N4O4. The van der Waals surface area contributed by atoms with Crippen molar-refractivity contribution in [3.8, 4) is 17.2 Å². The van der Waals surface area contributed by atoms with Crippen LogP contribution in [-0.2, 0) is 13.0 Å². The van der Waals surface area contributed by atoms with Gasteiger partial charge in [0, 0.05) is 24.8 Å². The van der Waals surface area contributed by atoms with E-state index in [4.69, 9.17) is 4.74 Å². The smallest absolute Gasteiger partial charge is 0.402 e. The van der Waals surface area contributed by atoms with Gasteiger partial charge in [-0.2, -0.15) is 8.78 Å². The monoisotopic (exact) mass is 456 g/mol. The van der Waals surface area contributed by atoms with Gasteiger partial charge in [0.15, 0.2) is 0 Å². The average Bonchev–Trinajstić information content (AvgIpc) is 3.34. The van der Waals surface area contributed by atoms with Crippen LogP contribution in [-0.4, -0.2) is 50.2 Å². The molecule has 0 spiro atoms. The molecule has 172 valence electrons. The lowest BCUT2D eigenvalue weighted by Gasteiger charge is -2.34. The summed E-state index contributed by atoms with van der Waals surface area (Å²) in [6.45, 7) is 4.44. The van der Waals surface area contributed by atoms with Crippen LogP contribution in [0.15, 0.2) is 47.7 Å². The lowest BCUT2D eigenvalue weighted by molar-refractivity contribution is -0.159. The first-order valence-electron chi connectivity index (χ1n) is 10.6. The van der Waals surface area contributed by atoms with Gasteiger partial charge < -0.3 is 23.5 Å². The largest absolute Gasteiger partial charge is 0.491 e. The molecule has 0 bridgehead atoms. The topological polar surface area (TPSA) is 78.6 Å². The number of carbonyl (C=O) groups excluding carboxylic acids is 1. The molecule has 2 aromatic heterocycles. The van der Waals surface area contributed by atoms with Gasteiger partial charge in [-0.05, 0) is 38.1 Å². The quantitative estimate of drug-likeness (QED) is 0.590. The van der Waals surface area contributed by atoms with Gasteiger partial charge in [-0.3, -0.25) is 9.59 Å². The lowest BCUT2D eigenvalue weighted by atomic mass is 10.1. The highest BCUT2D eigenvalue weighted by Gasteiger charge is 2.41. The zero-order chi connectivity index (χ0) is 23.3. The molecule has 2 aliphatic rings. The van der Waals surface area contributed by atoms with E-state index in [9.17, 15) is 18.4 Å². The predicted octanol–water partition coefficient (Wildman–Crippen LogP) is 2.79. The number of amides is 1. The van der Waals surface area contributed by atoms with Crippen LogP contribution in [0.25, 0.3) is 5.69 Å². The van der Waals surface area contributed by atoms with Crippen molar-refractivity contribution >= 4 is 5.91 Å². The van der Waals surface area contributed by atoms with Crippen molar-refractivity contribution in [3.63, 3.8) is 0 Å². The highest BCUT2D eigenvalue weighted by molar-refractivity contribution is 5.93. The molecule has 1 amide bonds. The number of carbonyl (C=O) groups is 1. The van der Waals surface area contributed by atoms with E-state index >= 15 is 0 Å². The van der Waals surface area contributed by atoms with Crippen molar-refractivity contribution in [1.82, 2.24) is 19.0 Å². The standard InChI is InChI=1S/C23H22F2N4O4/c1-14-11-27(13-26-14)17-6-7-18-22(31)28(8-9-29(18)21(17)30)15(2)12-32-19-4-3-5-20-16(19)10-23(24,25)33-20/h3-7,11,13,15H,8-10,12H2,1-2H3/t15-/m0/s1. The van der Waals surface area contributed by atoms with Gasteiger partial charge in [0.2, 0.25) is 0 Å². The number of nitrogens with zero attached hydrogens (tertiary/aromatic N) is 4. The molecule has 4 heterocycles. The number of aryl methyl sites for hydroxylation is 1. The molecular weight excluding hydrogens is 434 g/mol. The molecule has 2 aliphatic heterocycles. The third kappa shape index (κ3) is 3.75. The number of hydrogen-bond donors (Lipinski definition) is 0. The summed E-state index contributed by atoms with van der Waals surface area (Å²) in [6.07, 6.45) is -0.482. The van der Waals surface area contributed by atoms with E-state index in [-0.39, 0.29) is 29.9 Å². The Morgan fingerprint density at radius 2 is 2.03 bits per heavy atom. The fourth-order valence-corrected chi connectivity index (χ4v) is 4.26. The Morgan fingerprint density at radius 1 is 1.21 bits per heavy atom. The van der Waals surface area contributed by atoms with E-state index < -0.39 is 12.5 Å². The van der Waals surface area contributed by atoms with Crippen LogP contribution in [0, 0.1) is 6.92 Å². The summed E-state index contributed by atoms with van der Waals surface area (Å²) < 4.78 is 40.8. The molecule has 8 nitrogen and oxygen atoms in total. The van der Waals surface area contributed by atoms with E-state index in [0.29, 0.717) is 35.8 Å². The van der Waals surface area contributed by atoms with E-state index in [1.165, 1.54) is 10.6 Å². The van der Waals surface area contributed by atoms with E-state index in [2.05, 4.69) is 9.72 Å². The average molecular weight is 456 g/mol. The summed E-state index contributed by atoms with van der Waals surface area (Å²) in [5.74, 6) is 0.144. The van der Waals surface area contributed by atoms with Gasteiger partial charge >= 0.3 is 6.11 Å². The molecule has 0 N–H and O–H groups in total. The first-order valence-corrected chi connectivity index (χ1v) is 10.6. The lowest BCUT2D eigenvalue weighted by Crippen LogP contribution is -2.50. The number of alkyl halides is 2. The minimum atomic E-state index is -3.25. The van der Waals surface area contributed by atoms with Crippen molar-refractivity contribution in [1.29, 1.82) is 0 Å². The molecule has 33 heavy (non-hydrogen) atoms. The first-order chi connectivity index (χ1) is 15.7. The SMILES string of the molecule is Cc1cn(-c2ccc3n(c2=O)CCN([C@@H](C)COc2cccc4c2CC(F)(F)O4)C3=O)cn1. The molecule has 1 atom stereocenters. The maximum Gasteiger partial charge on any atom is 0.402 e. The summed E-state index contributed by atoms with van der Waals surface area (Å²) in [7, 11) is 0. The Balaban J connectivity index is 1.32. The molecule has 0 radical (unpaired) electrons. The van der Waals surface area contributed by atoms with Crippen molar-refractivity contribution in [2.45, 2.75) is 39.0 Å². The Kier molecular flexibility index (Phi) is 4.95. The maximum atomic E-state index is 13.6. The van der Waals surface area contributed by atoms with Crippen LogP contribution < -0.4 is 15.0 Å². The molecule has 0 saturated heterocycles. The van der Waals surface area contributed by atoms with Gasteiger partial charge in [-0.15, -0.1) is 0 Å². The summed E-state index contributed by atoms with van der Waals surface area (Å²) in [5.41, 5.74) is 1.57. The Morgan fingerprint density at radius 3 is 2.79 bits per heavy atom. The van der Waals surface area contributed by atoms with Crippen LogP contribution in [0.1, 0.15) is 28.7 Å². The molecule has 3 aromatic rings. The summed E-state index contributed by atoms with van der Waals surface area (Å²) in [5, 5.41) is 0. The zero-order valence-electron chi connectivity index (χ0n) is 18.1. The number of rotatable bonds is 5. The van der Waals surface area contributed by atoms with Crippen molar-refractivity contribution < 1.29 is 23.0 Å². The maximum absolute atomic E-state index is 13.6. The van der Waals surface area contributed by atoms with E-state index in [0.717, 1.165) is 5.69 Å². The van der Waals surface area contributed by atoms with Gasteiger partial charge in [0.1, 0.15) is 29.5 Å². The minimum Gasteiger partial charge on any atom is -0.491 e. The van der Waals surface area contributed by atoms with Gasteiger partial charge in [-0.1, -0.05) is 6.07 Å². The number of hydrogen-bond acceptors (Lipinski definition) is 5. The highest BCUT2D eigenvalue weighted by atomic mass is 19.3. The normalized spacial score (nSPS) is 17.3. The van der Waals surface area contributed by atoms with Crippen molar-refractivity contribution in [3.05, 3.63) is 70.2 Å². The summed E-state index contributed by atoms with van der Waals surface area (Å²) in [6, 6.07) is 7.60. The zero-order valence-corrected chi connectivity index (χ0v) is 18.1. The molecule has 0 aliphatic carbocycles. The number of pyridine rings is 1. The van der Waals surface area contributed by atoms with Crippen LogP contribution in [0.4, 0.5) is 8.78 Å². The molecule has 0 unspecified atom stereocenters. The minimum absolute atomic E-state index is 0.108. The molecule has 0 saturated carbocycles. The second-order valence-corrected chi connectivity index (χ2v) is 8.29. The van der Waals surface area contributed by atoms with E-state index in [1.807, 2.05) is 13.8 Å². The number of imidazole rings is 1. The summed E-state index contributed by atoms with van der Waals surface area (Å²) in [4.78, 5) is 31.9. The van der Waals surface area contributed by atoms with Gasteiger partial charge in [-0.25, -0.2) is 4.98 Å². The second-order valence-electron chi connectivity index (χ2n) is 8.29. The Labute approximate surface area is 188 Å². The Hall–Kier alpha value is -3.69. The fourth-order valence-electron chi connectivity index (χ4n) is 4.26. The van der Waals surface area contributed by atoms with Crippen LogP contribution >= 0.6 is 0 Å². The predicted molar refractivity (Wildman–Crippen MR) is 114 cm³/mol. The van der Waals surface area contributed by atoms with Gasteiger partial charge in [0.05, 0.1) is 24.5 Å². The molecule has 5 rings (SSSR count). The summed E-state index contributed by atoms with van der Waals surface area (Å²) >= 11 is 0. The van der Waals surface area contributed by atoms with Crippen LogP contribution in [0.5, 0.6) is 11.5 Å². The second kappa shape index (κ2) is 7.72. The fraction of sp³-hybridized carbons (Fsp3) is 0.348. The number of aromatic nitrogens is 3. The van der Waals surface area contributed by atoms with Crippen LogP contribution in [0.3, 0.4) is 0 Å². The number of ether oxygens (including phenoxy) is 2. The van der Waals surface area contributed by atoms with Crippen molar-refractivity contribution in [2.75, 3.05) is 13.2 Å².